The lowest BCUT2D eigenvalue weighted by Crippen LogP contribution is -2.36. The van der Waals surface area contributed by atoms with Crippen LogP contribution in [0, 0.1) is 11.8 Å². The molecule has 0 unspecified atom stereocenters. The van der Waals surface area contributed by atoms with Gasteiger partial charge in [0.05, 0.1) is 6.61 Å². The minimum atomic E-state index is -3.01. The number of rotatable bonds is 5. The normalized spacial score (nSPS) is 31.8. The Morgan fingerprint density at radius 2 is 1.92 bits per heavy atom. The number of carbonyl (C=O) groups excluding carboxylic acids is 1. The average molecular weight is 379 g/mol. The second-order valence-corrected chi connectivity index (χ2v) is 11.0. The van der Waals surface area contributed by atoms with Gasteiger partial charge in [-0.15, -0.1) is 0 Å². The van der Waals surface area contributed by atoms with Crippen molar-refractivity contribution < 1.29 is 18.6 Å². The maximum Gasteiger partial charge on any atom is 0.319 e. The van der Waals surface area contributed by atoms with Crippen LogP contribution in [0.25, 0.3) is 0 Å². The summed E-state index contributed by atoms with van der Waals surface area (Å²) in [6.07, 6.45) is 0.487. The van der Waals surface area contributed by atoms with Crippen molar-refractivity contribution in [1.82, 2.24) is 4.90 Å². The number of esters is 1. The lowest BCUT2D eigenvalue weighted by atomic mass is 9.95. The molecule has 0 aromatic heterocycles. The van der Waals surface area contributed by atoms with Crippen molar-refractivity contribution >= 4 is 13.3 Å². The number of nitrogens with zero attached hydrogens (tertiary/aromatic N) is 1. The van der Waals surface area contributed by atoms with Gasteiger partial charge in [0.25, 0.3) is 0 Å². The molecule has 2 fully saturated rings. The second kappa shape index (κ2) is 7.46. The van der Waals surface area contributed by atoms with E-state index in [9.17, 15) is 9.36 Å². The Kier molecular flexibility index (Phi) is 5.62. The molecule has 2 heterocycles. The van der Waals surface area contributed by atoms with Gasteiger partial charge < -0.3 is 9.26 Å². The monoisotopic (exact) mass is 379 g/mol. The molecule has 0 saturated carbocycles. The maximum absolute atomic E-state index is 13.4. The van der Waals surface area contributed by atoms with Crippen LogP contribution < -0.4 is 0 Å². The summed E-state index contributed by atoms with van der Waals surface area (Å²) >= 11 is 0. The first-order chi connectivity index (χ1) is 12.2. The fourth-order valence-electron chi connectivity index (χ4n) is 4.29. The SMILES string of the molecule is CCO[P@]1(=O)C[C@@H]2CN(Cc3ccccc3)C[C@@H]2[C@@H]1C(=O)OC(C)(C)C. The molecule has 0 spiro atoms. The molecule has 0 N–H and O–H groups in total. The van der Waals surface area contributed by atoms with Crippen LogP contribution in [0.3, 0.4) is 0 Å². The minimum absolute atomic E-state index is 0.0472. The van der Waals surface area contributed by atoms with E-state index in [1.165, 1.54) is 5.56 Å². The second-order valence-electron chi connectivity index (χ2n) is 8.41. The van der Waals surface area contributed by atoms with Crippen LogP contribution >= 0.6 is 7.37 Å². The molecule has 144 valence electrons. The number of fused-ring (bicyclic) bond motifs is 1. The van der Waals surface area contributed by atoms with Crippen molar-refractivity contribution in [3.05, 3.63) is 35.9 Å². The van der Waals surface area contributed by atoms with E-state index in [4.69, 9.17) is 9.26 Å². The first-order valence-electron chi connectivity index (χ1n) is 9.44. The summed E-state index contributed by atoms with van der Waals surface area (Å²) < 4.78 is 24.7. The van der Waals surface area contributed by atoms with Gasteiger partial charge in [-0.25, -0.2) is 0 Å². The van der Waals surface area contributed by atoms with Crippen LogP contribution in [0.2, 0.25) is 0 Å². The third-order valence-corrected chi connectivity index (χ3v) is 8.25. The van der Waals surface area contributed by atoms with Gasteiger partial charge in [-0.2, -0.15) is 0 Å². The van der Waals surface area contributed by atoms with E-state index < -0.39 is 18.6 Å². The Morgan fingerprint density at radius 3 is 2.54 bits per heavy atom. The number of benzene rings is 1. The van der Waals surface area contributed by atoms with Crippen molar-refractivity contribution in [3.8, 4) is 0 Å². The molecule has 0 radical (unpaired) electrons. The van der Waals surface area contributed by atoms with E-state index in [1.807, 2.05) is 45.9 Å². The van der Waals surface area contributed by atoms with Crippen molar-refractivity contribution in [1.29, 1.82) is 0 Å². The highest BCUT2D eigenvalue weighted by atomic mass is 31.2. The zero-order valence-electron chi connectivity index (χ0n) is 16.2. The van der Waals surface area contributed by atoms with Crippen molar-refractivity contribution in [2.75, 3.05) is 25.9 Å². The number of likely N-dealkylation sites (tertiary alicyclic amines) is 1. The quantitative estimate of drug-likeness (QED) is 0.576. The van der Waals surface area contributed by atoms with E-state index in [0.717, 1.165) is 19.6 Å². The first kappa shape index (κ1) is 19.6. The average Bonchev–Trinajstić information content (AvgIpc) is 2.99. The Hall–Kier alpha value is -1.16. The summed E-state index contributed by atoms with van der Waals surface area (Å²) in [5.74, 6) is -0.0806. The highest BCUT2D eigenvalue weighted by Crippen LogP contribution is 2.65. The third-order valence-electron chi connectivity index (χ3n) is 5.13. The zero-order valence-corrected chi connectivity index (χ0v) is 17.1. The molecule has 2 saturated heterocycles. The molecule has 1 aromatic rings. The fraction of sp³-hybridized carbons (Fsp3) is 0.650. The van der Waals surface area contributed by atoms with Crippen LogP contribution in [0.15, 0.2) is 30.3 Å². The Labute approximate surface area is 156 Å². The Bertz CT molecular complexity index is 685. The fourth-order valence-corrected chi connectivity index (χ4v) is 7.56. The van der Waals surface area contributed by atoms with Crippen LogP contribution in [0.5, 0.6) is 0 Å². The number of hydrogen-bond acceptors (Lipinski definition) is 5. The lowest BCUT2D eigenvalue weighted by Gasteiger charge is -2.28. The van der Waals surface area contributed by atoms with Gasteiger partial charge >= 0.3 is 5.97 Å². The highest BCUT2D eigenvalue weighted by Gasteiger charge is 2.59. The summed E-state index contributed by atoms with van der Waals surface area (Å²) in [7, 11) is -3.01. The number of ether oxygens (including phenoxy) is 1. The minimum Gasteiger partial charge on any atom is -0.459 e. The Morgan fingerprint density at radius 1 is 1.23 bits per heavy atom. The highest BCUT2D eigenvalue weighted by molar-refractivity contribution is 7.61. The molecule has 4 atom stereocenters. The summed E-state index contributed by atoms with van der Waals surface area (Å²) in [6.45, 7) is 10.2. The molecule has 1 aromatic carbocycles. The van der Waals surface area contributed by atoms with Crippen molar-refractivity contribution in [3.63, 3.8) is 0 Å². The van der Waals surface area contributed by atoms with Gasteiger partial charge in [-0.05, 0) is 45.1 Å². The molecular weight excluding hydrogens is 349 g/mol. The van der Waals surface area contributed by atoms with Crippen molar-refractivity contribution in [2.45, 2.75) is 45.5 Å². The molecule has 0 aliphatic carbocycles. The van der Waals surface area contributed by atoms with Crippen LogP contribution in [-0.2, 0) is 25.2 Å². The largest absolute Gasteiger partial charge is 0.459 e. The van der Waals surface area contributed by atoms with Gasteiger partial charge in [-0.1, -0.05) is 30.3 Å². The van der Waals surface area contributed by atoms with E-state index in [-0.39, 0.29) is 17.8 Å². The van der Waals surface area contributed by atoms with E-state index in [2.05, 4.69) is 17.0 Å². The number of hydrogen-bond donors (Lipinski definition) is 0. The molecule has 3 rings (SSSR count). The maximum atomic E-state index is 13.4. The summed E-state index contributed by atoms with van der Waals surface area (Å²) in [5.41, 5.74) is 0.0379. The number of carbonyl (C=O) groups is 1. The van der Waals surface area contributed by atoms with Crippen LogP contribution in [0.4, 0.5) is 0 Å². The summed E-state index contributed by atoms with van der Waals surface area (Å²) in [4.78, 5) is 15.2. The smallest absolute Gasteiger partial charge is 0.319 e. The molecule has 6 heteroatoms. The zero-order chi connectivity index (χ0) is 18.9. The third kappa shape index (κ3) is 4.21. The molecule has 2 aliphatic heterocycles. The first-order valence-corrected chi connectivity index (χ1v) is 11.3. The topological polar surface area (TPSA) is 55.8 Å². The molecule has 0 amide bonds. The van der Waals surface area contributed by atoms with Gasteiger partial charge in [0.1, 0.15) is 11.3 Å². The summed E-state index contributed by atoms with van der Waals surface area (Å²) in [6, 6.07) is 10.3. The van der Waals surface area contributed by atoms with E-state index in [1.54, 1.807) is 0 Å². The Balaban J connectivity index is 1.76. The molecule has 2 aliphatic rings. The van der Waals surface area contributed by atoms with Crippen LogP contribution in [-0.4, -0.2) is 48.0 Å². The van der Waals surface area contributed by atoms with E-state index in [0.29, 0.717) is 12.8 Å². The van der Waals surface area contributed by atoms with Gasteiger partial charge in [0, 0.05) is 25.8 Å². The predicted molar refractivity (Wildman–Crippen MR) is 102 cm³/mol. The molecular formula is C20H30NO4P. The standard InChI is InChI=1S/C20H30NO4P/c1-5-24-26(23)14-16-12-21(11-15-9-7-6-8-10-15)13-17(16)18(26)19(22)25-20(2,3)4/h6-10,16-18H,5,11-14H2,1-4H3/t16-,17-,18+,26+/m0/s1. The van der Waals surface area contributed by atoms with Crippen LogP contribution in [0.1, 0.15) is 33.3 Å². The van der Waals surface area contributed by atoms with E-state index >= 15 is 0 Å². The van der Waals surface area contributed by atoms with Gasteiger partial charge in [-0.3, -0.25) is 14.3 Å². The molecule has 0 bridgehead atoms. The van der Waals surface area contributed by atoms with Gasteiger partial charge in [0.15, 0.2) is 0 Å². The van der Waals surface area contributed by atoms with Crippen molar-refractivity contribution in [2.24, 2.45) is 11.8 Å². The predicted octanol–water partition coefficient (Wildman–Crippen LogP) is 3.77. The lowest BCUT2D eigenvalue weighted by molar-refractivity contribution is -0.155. The summed E-state index contributed by atoms with van der Waals surface area (Å²) in [5, 5.41) is 0. The molecule has 5 nitrogen and oxygen atoms in total. The molecule has 26 heavy (non-hydrogen) atoms. The van der Waals surface area contributed by atoms with Gasteiger partial charge in [0.2, 0.25) is 7.37 Å².